The van der Waals surface area contributed by atoms with Gasteiger partial charge in [-0.15, -0.1) is 50.4 Å². The van der Waals surface area contributed by atoms with Crippen molar-refractivity contribution in [1.29, 1.82) is 0 Å². The maximum atomic E-state index is 4.94. The Hall–Kier alpha value is -0.661. The molecule has 0 aromatic heterocycles. The first-order chi connectivity index (χ1) is 20.8. The minimum atomic E-state index is 0. The second-order valence-corrected chi connectivity index (χ2v) is 13.1. The van der Waals surface area contributed by atoms with Gasteiger partial charge in [-0.05, 0) is 37.2 Å². The summed E-state index contributed by atoms with van der Waals surface area (Å²) in [5.74, 6) is 0. The van der Waals surface area contributed by atoms with Gasteiger partial charge in [-0.2, -0.15) is 5.70 Å². The van der Waals surface area contributed by atoms with Gasteiger partial charge in [0.1, 0.15) is 0 Å². The summed E-state index contributed by atoms with van der Waals surface area (Å²) in [6.45, 7) is 10.5. The normalized spacial score (nSPS) is 23.9. The van der Waals surface area contributed by atoms with E-state index in [2.05, 4.69) is 52.3 Å². The van der Waals surface area contributed by atoms with E-state index in [-0.39, 0.29) is 34.1 Å². The number of rotatable bonds is 16. The molecule has 0 N–H and O–H groups in total. The summed E-state index contributed by atoms with van der Waals surface area (Å²) < 4.78 is 0. The molecule has 3 atom stereocenters. The molecule has 0 aliphatic carbocycles. The van der Waals surface area contributed by atoms with Crippen LogP contribution >= 0.6 is 0 Å². The molecule has 0 amide bonds. The topological polar surface area (TPSA) is 62.9 Å². The van der Waals surface area contributed by atoms with Crippen LogP contribution in [0, 0.1) is 0 Å². The zero-order valence-corrected chi connectivity index (χ0v) is 28.7. The van der Waals surface area contributed by atoms with E-state index in [1.54, 1.807) is 0 Å². The van der Waals surface area contributed by atoms with Crippen molar-refractivity contribution in [3.63, 3.8) is 0 Å². The summed E-state index contributed by atoms with van der Waals surface area (Å²) in [5, 5.41) is 19.5. The molecular formula is C36H56Cu2N6-2. The zero-order chi connectivity index (χ0) is 28.7. The molecule has 254 valence electrons. The average molecular weight is 700 g/mol. The molecular weight excluding hydrogens is 644 g/mol. The van der Waals surface area contributed by atoms with Gasteiger partial charge in [0.25, 0.3) is 0 Å². The van der Waals surface area contributed by atoms with Crippen LogP contribution in [0.15, 0.2) is 48.2 Å². The predicted molar refractivity (Wildman–Crippen MR) is 179 cm³/mol. The van der Waals surface area contributed by atoms with Crippen LogP contribution in [0.4, 0.5) is 0 Å². The molecule has 0 radical (unpaired) electrons. The van der Waals surface area contributed by atoms with Crippen molar-refractivity contribution in [2.45, 2.75) is 115 Å². The number of allylic oxidation sites excluding steroid dienone is 2. The molecule has 3 saturated heterocycles. The van der Waals surface area contributed by atoms with E-state index in [1.807, 2.05) is 0 Å². The van der Waals surface area contributed by atoms with Crippen LogP contribution in [0.1, 0.15) is 94.6 Å². The van der Waals surface area contributed by atoms with Crippen molar-refractivity contribution >= 4 is 0 Å². The van der Waals surface area contributed by atoms with Gasteiger partial charge in [0.15, 0.2) is 0 Å². The Morgan fingerprint density at radius 2 is 1.14 bits per heavy atom. The Morgan fingerprint density at radius 3 is 1.57 bits per heavy atom. The Labute approximate surface area is 290 Å². The standard InChI is InChI=1S/C36H56N6.2Cu/c1-5-20-37-33(12-1)16-24-41(25-17-34-13-2-6-21-38-34)29-31-10-9-11-32(28-31)30-42(26-18-35-14-3-7-22-39-35)27-19-36-15-4-8-23-40-36;;/h1,5,9-12,28,34-36H,2-4,6-8,13-27,29-30H2;;/q-4;2*+1. The molecule has 6 nitrogen and oxygen atoms in total. The Bertz CT molecular complexity index is 932. The summed E-state index contributed by atoms with van der Waals surface area (Å²) in [6, 6.07) is 11.1. The molecule has 4 heterocycles. The van der Waals surface area contributed by atoms with Crippen molar-refractivity contribution in [3.8, 4) is 0 Å². The van der Waals surface area contributed by atoms with E-state index >= 15 is 0 Å². The molecule has 44 heavy (non-hydrogen) atoms. The van der Waals surface area contributed by atoms with Crippen molar-refractivity contribution in [1.82, 2.24) is 9.80 Å². The number of hydrogen-bond donors (Lipinski definition) is 0. The predicted octanol–water partition coefficient (Wildman–Crippen LogP) is 8.45. The summed E-state index contributed by atoms with van der Waals surface area (Å²) in [7, 11) is 0. The van der Waals surface area contributed by atoms with Crippen molar-refractivity contribution in [3.05, 3.63) is 80.6 Å². The average Bonchev–Trinajstić information content (AvgIpc) is 3.06. The van der Waals surface area contributed by atoms with E-state index in [0.717, 1.165) is 71.9 Å². The van der Waals surface area contributed by atoms with E-state index in [9.17, 15) is 0 Å². The van der Waals surface area contributed by atoms with Crippen molar-refractivity contribution in [2.24, 2.45) is 0 Å². The van der Waals surface area contributed by atoms with E-state index in [1.165, 1.54) is 93.9 Å². The minimum Gasteiger partial charge on any atom is -0.685 e. The molecule has 5 rings (SSSR count). The molecule has 8 heteroatoms. The first-order valence-corrected chi connectivity index (χ1v) is 17.4. The molecule has 1 aromatic rings. The molecule has 4 aliphatic rings. The largest absolute Gasteiger partial charge is 1.00 e. The second kappa shape index (κ2) is 22.0. The summed E-state index contributed by atoms with van der Waals surface area (Å²) in [6.07, 6.45) is 22.8. The Morgan fingerprint density at radius 1 is 0.636 bits per heavy atom. The number of piperidine rings is 3. The molecule has 4 aliphatic heterocycles. The third kappa shape index (κ3) is 14.0. The minimum absolute atomic E-state index is 0. The quantitative estimate of drug-likeness (QED) is 0.163. The fourth-order valence-corrected chi connectivity index (χ4v) is 7.05. The Kier molecular flexibility index (Phi) is 18.9. The fraction of sp³-hybridized carbons (Fsp3) is 0.722. The molecule has 3 fully saturated rings. The van der Waals surface area contributed by atoms with Gasteiger partial charge in [-0.25, -0.2) is 0 Å². The van der Waals surface area contributed by atoms with Gasteiger partial charge in [0, 0.05) is 19.6 Å². The summed E-state index contributed by atoms with van der Waals surface area (Å²) >= 11 is 0. The van der Waals surface area contributed by atoms with E-state index < -0.39 is 0 Å². The monoisotopic (exact) mass is 698 g/mol. The van der Waals surface area contributed by atoms with Crippen LogP contribution in [0.2, 0.25) is 0 Å². The van der Waals surface area contributed by atoms with Crippen molar-refractivity contribution < 1.29 is 34.1 Å². The van der Waals surface area contributed by atoms with Gasteiger partial charge < -0.3 is 21.3 Å². The van der Waals surface area contributed by atoms with Gasteiger partial charge >= 0.3 is 34.1 Å². The second-order valence-electron chi connectivity index (χ2n) is 13.1. The third-order valence-corrected chi connectivity index (χ3v) is 9.65. The maximum Gasteiger partial charge on any atom is 1.00 e. The van der Waals surface area contributed by atoms with Crippen LogP contribution in [-0.2, 0) is 47.2 Å². The molecule has 3 unspecified atom stereocenters. The smallest absolute Gasteiger partial charge is 0.685 e. The SMILES string of the molecule is C1=CC[N-]C(CCN(CCC2CCCC[N-]2)Cc2cccc(CN(CCC3CCCC[N-]3)CCC3CCCC[N-]3)c2)=C1.[Cu+].[Cu+]. The number of nitrogens with zero attached hydrogens (tertiary/aromatic N) is 6. The van der Waals surface area contributed by atoms with Gasteiger partial charge in [-0.1, -0.05) is 113 Å². The van der Waals surface area contributed by atoms with Crippen LogP contribution in [0.25, 0.3) is 21.3 Å². The van der Waals surface area contributed by atoms with Crippen LogP contribution in [0.5, 0.6) is 0 Å². The van der Waals surface area contributed by atoms with E-state index in [0.29, 0.717) is 18.1 Å². The number of hydrogen-bond acceptors (Lipinski definition) is 2. The maximum absolute atomic E-state index is 4.94. The molecule has 1 aromatic carbocycles. The van der Waals surface area contributed by atoms with Gasteiger partial charge in [-0.3, -0.25) is 9.80 Å². The van der Waals surface area contributed by atoms with Crippen molar-refractivity contribution in [2.75, 3.05) is 52.4 Å². The van der Waals surface area contributed by atoms with Crippen LogP contribution in [-0.4, -0.2) is 80.3 Å². The van der Waals surface area contributed by atoms with Gasteiger partial charge in [0.05, 0.1) is 0 Å². The first kappa shape index (κ1) is 37.8. The van der Waals surface area contributed by atoms with E-state index in [4.69, 9.17) is 21.3 Å². The third-order valence-electron chi connectivity index (χ3n) is 9.65. The molecule has 0 spiro atoms. The van der Waals surface area contributed by atoms with Crippen LogP contribution in [0.3, 0.4) is 0 Å². The fourth-order valence-electron chi connectivity index (χ4n) is 7.05. The summed E-state index contributed by atoms with van der Waals surface area (Å²) in [4.78, 5) is 5.37. The number of benzene rings is 1. The first-order valence-electron chi connectivity index (χ1n) is 17.4. The zero-order valence-electron chi connectivity index (χ0n) is 26.8. The van der Waals surface area contributed by atoms with Gasteiger partial charge in [0.2, 0.25) is 0 Å². The molecule has 0 saturated carbocycles. The summed E-state index contributed by atoms with van der Waals surface area (Å²) in [5.41, 5.74) is 4.13. The Balaban J connectivity index is 0.00000264. The van der Waals surface area contributed by atoms with Crippen LogP contribution < -0.4 is 0 Å². The molecule has 0 bridgehead atoms.